The van der Waals surface area contributed by atoms with Gasteiger partial charge in [-0.05, 0) is 36.8 Å². The smallest absolute Gasteiger partial charge is 0.168 e. The SMILES string of the molecule is Nc1ccncc1OC1=CC2CC3C=CC=CC13C2. The van der Waals surface area contributed by atoms with Gasteiger partial charge in [0.05, 0.1) is 17.3 Å². The fourth-order valence-electron chi connectivity index (χ4n) is 3.66. The Morgan fingerprint density at radius 1 is 1.37 bits per heavy atom. The second-order valence-electron chi connectivity index (χ2n) is 5.64. The molecule has 1 fully saturated rings. The predicted octanol–water partition coefficient (Wildman–Crippen LogP) is 3.08. The molecule has 0 saturated heterocycles. The van der Waals surface area contributed by atoms with Gasteiger partial charge in [0, 0.05) is 6.20 Å². The van der Waals surface area contributed by atoms with Gasteiger partial charge in [0.2, 0.25) is 0 Å². The summed E-state index contributed by atoms with van der Waals surface area (Å²) in [5, 5.41) is 0. The number of fused-ring (bicyclic) bond motifs is 1. The first-order chi connectivity index (χ1) is 9.28. The molecule has 19 heavy (non-hydrogen) atoms. The van der Waals surface area contributed by atoms with Crippen LogP contribution in [0.3, 0.4) is 0 Å². The van der Waals surface area contributed by atoms with Crippen molar-refractivity contribution >= 4 is 5.69 Å². The van der Waals surface area contributed by atoms with Crippen molar-refractivity contribution in [2.45, 2.75) is 12.8 Å². The lowest BCUT2D eigenvalue weighted by Crippen LogP contribution is -2.28. The largest absolute Gasteiger partial charge is 0.457 e. The molecule has 0 aromatic carbocycles. The molecule has 3 aliphatic rings. The summed E-state index contributed by atoms with van der Waals surface area (Å²) < 4.78 is 6.09. The van der Waals surface area contributed by atoms with Gasteiger partial charge in [0.15, 0.2) is 5.75 Å². The van der Waals surface area contributed by atoms with Crippen LogP contribution >= 0.6 is 0 Å². The van der Waals surface area contributed by atoms with Crippen molar-refractivity contribution in [3.63, 3.8) is 0 Å². The maximum Gasteiger partial charge on any atom is 0.168 e. The minimum Gasteiger partial charge on any atom is -0.457 e. The molecule has 0 radical (unpaired) electrons. The second kappa shape index (κ2) is 3.73. The molecule has 3 heteroatoms. The molecule has 1 aromatic rings. The molecule has 3 atom stereocenters. The van der Waals surface area contributed by atoms with E-state index < -0.39 is 0 Å². The zero-order valence-corrected chi connectivity index (χ0v) is 10.6. The highest BCUT2D eigenvalue weighted by Crippen LogP contribution is 2.60. The fourth-order valence-corrected chi connectivity index (χ4v) is 3.66. The van der Waals surface area contributed by atoms with Gasteiger partial charge in [-0.3, -0.25) is 4.98 Å². The first-order valence-corrected chi connectivity index (χ1v) is 6.73. The molecule has 3 nitrogen and oxygen atoms in total. The number of aromatic nitrogens is 1. The van der Waals surface area contributed by atoms with Crippen LogP contribution in [0.5, 0.6) is 5.75 Å². The summed E-state index contributed by atoms with van der Waals surface area (Å²) in [5.74, 6) is 2.91. The average molecular weight is 252 g/mol. The third-order valence-electron chi connectivity index (χ3n) is 4.55. The van der Waals surface area contributed by atoms with E-state index in [1.165, 1.54) is 6.42 Å². The third kappa shape index (κ3) is 1.47. The van der Waals surface area contributed by atoms with Crippen LogP contribution in [-0.2, 0) is 0 Å². The van der Waals surface area contributed by atoms with E-state index in [2.05, 4.69) is 35.4 Å². The van der Waals surface area contributed by atoms with Crippen LogP contribution in [0.4, 0.5) is 5.69 Å². The Kier molecular flexibility index (Phi) is 2.13. The standard InChI is InChI=1S/C16H16N2O/c17-13-4-6-18-10-14(13)19-15-8-11-7-12-3-1-2-5-16(12,15)9-11/h1-6,8,10-12H,7,9H2,(H2,17,18). The number of nitrogens with two attached hydrogens (primary N) is 1. The lowest BCUT2D eigenvalue weighted by molar-refractivity contribution is 0.258. The molecule has 2 bridgehead atoms. The Labute approximate surface area is 112 Å². The highest BCUT2D eigenvalue weighted by molar-refractivity contribution is 5.51. The molecule has 1 aromatic heterocycles. The van der Waals surface area contributed by atoms with E-state index in [-0.39, 0.29) is 5.41 Å². The summed E-state index contributed by atoms with van der Waals surface area (Å²) in [5.41, 5.74) is 6.64. The Hall–Kier alpha value is -2.03. The highest BCUT2D eigenvalue weighted by atomic mass is 16.5. The van der Waals surface area contributed by atoms with Crippen LogP contribution in [0, 0.1) is 17.3 Å². The van der Waals surface area contributed by atoms with Crippen molar-refractivity contribution in [2.75, 3.05) is 5.73 Å². The molecule has 1 heterocycles. The molecular weight excluding hydrogens is 236 g/mol. The first kappa shape index (κ1) is 10.9. The Bertz CT molecular complexity index is 617. The number of rotatable bonds is 2. The first-order valence-electron chi connectivity index (χ1n) is 6.73. The van der Waals surface area contributed by atoms with Gasteiger partial charge in [-0.15, -0.1) is 0 Å². The molecule has 4 rings (SSSR count). The zero-order valence-electron chi connectivity index (χ0n) is 10.6. The highest BCUT2D eigenvalue weighted by Gasteiger charge is 2.53. The Morgan fingerprint density at radius 2 is 2.32 bits per heavy atom. The van der Waals surface area contributed by atoms with Crippen LogP contribution in [0.2, 0.25) is 0 Å². The van der Waals surface area contributed by atoms with E-state index in [1.807, 2.05) is 0 Å². The second-order valence-corrected chi connectivity index (χ2v) is 5.64. The number of ether oxygens (including phenoxy) is 1. The number of pyridine rings is 1. The maximum atomic E-state index is 6.09. The van der Waals surface area contributed by atoms with Gasteiger partial charge in [-0.1, -0.05) is 24.3 Å². The third-order valence-corrected chi connectivity index (χ3v) is 4.55. The summed E-state index contributed by atoms with van der Waals surface area (Å²) in [7, 11) is 0. The predicted molar refractivity (Wildman–Crippen MR) is 74.3 cm³/mol. The Morgan fingerprint density at radius 3 is 3.21 bits per heavy atom. The van der Waals surface area contributed by atoms with Gasteiger partial charge < -0.3 is 10.5 Å². The number of nitrogens with zero attached hydrogens (tertiary/aromatic N) is 1. The molecule has 3 unspecified atom stereocenters. The van der Waals surface area contributed by atoms with Crippen molar-refractivity contribution < 1.29 is 4.74 Å². The van der Waals surface area contributed by atoms with E-state index in [9.17, 15) is 0 Å². The molecule has 0 aliphatic heterocycles. The molecule has 1 spiro atoms. The van der Waals surface area contributed by atoms with Crippen LogP contribution in [-0.4, -0.2) is 4.98 Å². The maximum absolute atomic E-state index is 6.09. The van der Waals surface area contributed by atoms with Crippen LogP contribution in [0.25, 0.3) is 0 Å². The van der Waals surface area contributed by atoms with Crippen molar-refractivity contribution in [1.82, 2.24) is 4.98 Å². The summed E-state index contributed by atoms with van der Waals surface area (Å²) in [6.07, 6.45) is 16.9. The Balaban J connectivity index is 1.70. The van der Waals surface area contributed by atoms with Crippen molar-refractivity contribution in [2.24, 2.45) is 17.3 Å². The van der Waals surface area contributed by atoms with Crippen LogP contribution in [0.1, 0.15) is 12.8 Å². The molecule has 2 N–H and O–H groups in total. The molecule has 96 valence electrons. The number of hydrogen-bond donors (Lipinski definition) is 1. The van der Waals surface area contributed by atoms with Crippen LogP contribution < -0.4 is 10.5 Å². The van der Waals surface area contributed by atoms with E-state index in [1.54, 1.807) is 18.5 Å². The molecular formula is C16H16N2O. The molecule has 1 saturated carbocycles. The minimum absolute atomic E-state index is 0.0572. The summed E-state index contributed by atoms with van der Waals surface area (Å²) >= 11 is 0. The van der Waals surface area contributed by atoms with E-state index >= 15 is 0 Å². The normalized spacial score (nSPS) is 34.2. The van der Waals surface area contributed by atoms with Gasteiger partial charge in [0.1, 0.15) is 5.76 Å². The lowest BCUT2D eigenvalue weighted by atomic mass is 9.74. The fraction of sp³-hybridized carbons (Fsp3) is 0.312. The van der Waals surface area contributed by atoms with Gasteiger partial charge >= 0.3 is 0 Å². The topological polar surface area (TPSA) is 48.1 Å². The molecule has 3 aliphatic carbocycles. The minimum atomic E-state index is 0.0572. The number of anilines is 1. The van der Waals surface area contributed by atoms with Crippen molar-refractivity contribution in [1.29, 1.82) is 0 Å². The summed E-state index contributed by atoms with van der Waals surface area (Å²) in [6, 6.07) is 1.77. The average Bonchev–Trinajstić information content (AvgIpc) is 2.94. The van der Waals surface area contributed by atoms with Gasteiger partial charge in [-0.25, -0.2) is 0 Å². The quantitative estimate of drug-likeness (QED) is 0.880. The van der Waals surface area contributed by atoms with Gasteiger partial charge in [-0.2, -0.15) is 0 Å². The van der Waals surface area contributed by atoms with E-state index in [0.717, 1.165) is 12.2 Å². The van der Waals surface area contributed by atoms with Gasteiger partial charge in [0.25, 0.3) is 0 Å². The number of hydrogen-bond acceptors (Lipinski definition) is 3. The van der Waals surface area contributed by atoms with E-state index in [0.29, 0.717) is 23.3 Å². The van der Waals surface area contributed by atoms with Crippen molar-refractivity contribution in [3.8, 4) is 5.75 Å². The zero-order chi connectivity index (χ0) is 12.9. The lowest BCUT2D eigenvalue weighted by Gasteiger charge is -2.34. The van der Waals surface area contributed by atoms with Crippen molar-refractivity contribution in [3.05, 3.63) is 54.6 Å². The number of nitrogen functional groups attached to an aromatic ring is 1. The monoisotopic (exact) mass is 252 g/mol. The molecule has 0 amide bonds. The summed E-state index contributed by atoms with van der Waals surface area (Å²) in [6.45, 7) is 0. The summed E-state index contributed by atoms with van der Waals surface area (Å²) in [4.78, 5) is 4.09. The van der Waals surface area contributed by atoms with Crippen LogP contribution in [0.15, 0.2) is 54.6 Å². The van der Waals surface area contributed by atoms with E-state index in [4.69, 9.17) is 10.5 Å². The number of allylic oxidation sites excluding steroid dienone is 5.